The molecule has 15 heavy (non-hydrogen) atoms. The van der Waals surface area contributed by atoms with Crippen molar-refractivity contribution in [3.63, 3.8) is 0 Å². The SMILES string of the molecule is CC(=O)On1cc[n+](C)c1.F[B-](F)(F)F. The van der Waals surface area contributed by atoms with Gasteiger partial charge in [-0.15, -0.1) is 0 Å². The van der Waals surface area contributed by atoms with Gasteiger partial charge in [0.05, 0.1) is 7.05 Å². The first-order chi connectivity index (χ1) is 6.68. The second kappa shape index (κ2) is 5.37. The van der Waals surface area contributed by atoms with E-state index in [4.69, 9.17) is 4.84 Å². The molecule has 1 heterocycles. The van der Waals surface area contributed by atoms with E-state index in [1.54, 1.807) is 23.3 Å². The summed E-state index contributed by atoms with van der Waals surface area (Å²) in [6, 6.07) is 0. The van der Waals surface area contributed by atoms with Crippen molar-refractivity contribution in [1.29, 1.82) is 0 Å². The number of carbonyl (C=O) groups is 1. The highest BCUT2D eigenvalue weighted by atomic mass is 19.5. The van der Waals surface area contributed by atoms with Crippen LogP contribution >= 0.6 is 0 Å². The number of hydrogen-bond acceptors (Lipinski definition) is 2. The molecular formula is C6H9BF4N2O2. The van der Waals surface area contributed by atoms with E-state index >= 15 is 0 Å². The maximum absolute atomic E-state index is 10.4. The van der Waals surface area contributed by atoms with Crippen molar-refractivity contribution in [2.24, 2.45) is 7.05 Å². The summed E-state index contributed by atoms with van der Waals surface area (Å²) < 4.78 is 42.1. The first-order valence-corrected chi connectivity index (χ1v) is 3.78. The summed E-state index contributed by atoms with van der Waals surface area (Å²) in [5, 5.41) is 0. The first kappa shape index (κ1) is 13.5. The van der Waals surface area contributed by atoms with E-state index < -0.39 is 7.25 Å². The van der Waals surface area contributed by atoms with Gasteiger partial charge in [0.2, 0.25) is 0 Å². The zero-order valence-corrected chi connectivity index (χ0v) is 8.03. The van der Waals surface area contributed by atoms with Gasteiger partial charge in [0.1, 0.15) is 6.20 Å². The number of rotatable bonds is 1. The fraction of sp³-hybridized carbons (Fsp3) is 0.333. The van der Waals surface area contributed by atoms with Crippen LogP contribution in [0.1, 0.15) is 6.92 Å². The lowest BCUT2D eigenvalue weighted by atomic mass is 10.3. The Morgan fingerprint density at radius 1 is 1.40 bits per heavy atom. The van der Waals surface area contributed by atoms with Crippen LogP contribution in [0.25, 0.3) is 0 Å². The third-order valence-corrected chi connectivity index (χ3v) is 0.979. The fourth-order valence-electron chi connectivity index (χ4n) is 0.630. The minimum atomic E-state index is -6.00. The van der Waals surface area contributed by atoms with Crippen LogP contribution in [0.2, 0.25) is 0 Å². The van der Waals surface area contributed by atoms with Crippen molar-refractivity contribution in [1.82, 2.24) is 4.73 Å². The lowest BCUT2D eigenvalue weighted by Gasteiger charge is -1.94. The standard InChI is InChI=1S/C6H9N2O2.BF4/c1-6(9)10-8-4-3-7(2)5-8;2-1(3,4)5/h3-5H,1-2H3;/q+1;-1. The summed E-state index contributed by atoms with van der Waals surface area (Å²) >= 11 is 0. The van der Waals surface area contributed by atoms with Crippen molar-refractivity contribution < 1.29 is 31.5 Å². The van der Waals surface area contributed by atoms with E-state index in [9.17, 15) is 22.1 Å². The molecule has 0 amide bonds. The van der Waals surface area contributed by atoms with Crippen LogP contribution in [0, 0.1) is 0 Å². The summed E-state index contributed by atoms with van der Waals surface area (Å²) in [5.41, 5.74) is 0. The highest BCUT2D eigenvalue weighted by molar-refractivity contribution is 6.50. The number of imidazole rings is 1. The smallest absolute Gasteiger partial charge is 0.418 e. The molecular weight excluding hydrogens is 219 g/mol. The van der Waals surface area contributed by atoms with Crippen molar-refractivity contribution in [2.45, 2.75) is 6.92 Å². The maximum Gasteiger partial charge on any atom is 0.673 e. The van der Waals surface area contributed by atoms with Crippen LogP contribution in [0.5, 0.6) is 0 Å². The Balaban J connectivity index is 0.000000336. The molecule has 0 fully saturated rings. The van der Waals surface area contributed by atoms with E-state index in [0.29, 0.717) is 0 Å². The summed E-state index contributed by atoms with van der Waals surface area (Å²) in [4.78, 5) is 15.1. The second-order valence-electron chi connectivity index (χ2n) is 2.52. The van der Waals surface area contributed by atoms with E-state index in [-0.39, 0.29) is 5.97 Å². The van der Waals surface area contributed by atoms with Crippen LogP contribution < -0.4 is 9.40 Å². The van der Waals surface area contributed by atoms with Gasteiger partial charge in [-0.3, -0.25) is 4.84 Å². The average molecular weight is 228 g/mol. The van der Waals surface area contributed by atoms with E-state index in [1.165, 1.54) is 11.7 Å². The van der Waals surface area contributed by atoms with Gasteiger partial charge in [0.15, 0.2) is 6.20 Å². The highest BCUT2D eigenvalue weighted by Gasteiger charge is 2.20. The Morgan fingerprint density at radius 2 is 1.87 bits per heavy atom. The normalized spacial score (nSPS) is 10.3. The first-order valence-electron chi connectivity index (χ1n) is 3.78. The molecule has 9 heteroatoms. The number of halogens is 4. The number of aromatic nitrogens is 2. The van der Waals surface area contributed by atoms with E-state index in [1.807, 2.05) is 7.05 Å². The molecule has 0 saturated heterocycles. The molecule has 0 unspecified atom stereocenters. The molecule has 1 aromatic rings. The number of aryl methyl sites for hydroxylation is 1. The topological polar surface area (TPSA) is 35.1 Å². The Bertz CT molecular complexity index is 319. The number of nitrogens with zero attached hydrogens (tertiary/aromatic N) is 2. The molecule has 0 spiro atoms. The quantitative estimate of drug-likeness (QED) is 0.400. The van der Waals surface area contributed by atoms with Gasteiger partial charge in [0.25, 0.3) is 6.33 Å². The van der Waals surface area contributed by atoms with Gasteiger partial charge in [-0.05, 0) is 4.73 Å². The number of carbonyl (C=O) groups excluding carboxylic acids is 1. The van der Waals surface area contributed by atoms with Gasteiger partial charge >= 0.3 is 13.2 Å². The van der Waals surface area contributed by atoms with E-state index in [0.717, 1.165) is 0 Å². The predicted octanol–water partition coefficient (Wildman–Crippen LogP) is 0.588. The van der Waals surface area contributed by atoms with Gasteiger partial charge < -0.3 is 17.3 Å². The average Bonchev–Trinajstić information content (AvgIpc) is 2.29. The van der Waals surface area contributed by atoms with E-state index in [2.05, 4.69) is 0 Å². The Labute approximate surface area is 83.1 Å². The molecule has 1 rings (SSSR count). The zero-order chi connectivity index (χ0) is 12.1. The summed E-state index contributed by atoms with van der Waals surface area (Å²) in [7, 11) is -4.15. The molecule has 0 aliphatic rings. The van der Waals surface area contributed by atoms with Gasteiger partial charge in [-0.2, -0.15) is 0 Å². The Hall–Kier alpha value is -1.54. The van der Waals surface area contributed by atoms with Crippen molar-refractivity contribution >= 4 is 13.2 Å². The van der Waals surface area contributed by atoms with Crippen LogP contribution in [-0.4, -0.2) is 18.0 Å². The molecule has 1 aromatic heterocycles. The predicted molar refractivity (Wildman–Crippen MR) is 43.1 cm³/mol. The van der Waals surface area contributed by atoms with Crippen LogP contribution in [0.15, 0.2) is 18.7 Å². The minimum absolute atomic E-state index is 0.323. The zero-order valence-electron chi connectivity index (χ0n) is 8.03. The third kappa shape index (κ3) is 10.4. The molecule has 0 aromatic carbocycles. The Morgan fingerprint density at radius 3 is 2.13 bits per heavy atom. The molecule has 0 bridgehead atoms. The highest BCUT2D eigenvalue weighted by Crippen LogP contribution is 2.06. The van der Waals surface area contributed by atoms with Crippen molar-refractivity contribution in [3.8, 4) is 0 Å². The van der Waals surface area contributed by atoms with Crippen LogP contribution in [0.3, 0.4) is 0 Å². The lowest BCUT2D eigenvalue weighted by molar-refractivity contribution is -0.671. The van der Waals surface area contributed by atoms with Gasteiger partial charge in [-0.25, -0.2) is 9.36 Å². The molecule has 0 atom stereocenters. The molecule has 0 saturated carbocycles. The molecule has 0 N–H and O–H groups in total. The fourth-order valence-corrected chi connectivity index (χ4v) is 0.630. The Kier molecular flexibility index (Phi) is 4.82. The second-order valence-corrected chi connectivity index (χ2v) is 2.52. The van der Waals surface area contributed by atoms with Gasteiger partial charge in [0, 0.05) is 6.92 Å². The van der Waals surface area contributed by atoms with Crippen molar-refractivity contribution in [3.05, 3.63) is 18.7 Å². The lowest BCUT2D eigenvalue weighted by Crippen LogP contribution is -2.25. The molecule has 0 aliphatic heterocycles. The third-order valence-electron chi connectivity index (χ3n) is 0.979. The van der Waals surface area contributed by atoms with Crippen molar-refractivity contribution in [2.75, 3.05) is 0 Å². The van der Waals surface area contributed by atoms with Crippen LogP contribution in [0.4, 0.5) is 17.3 Å². The molecule has 0 radical (unpaired) electrons. The summed E-state index contributed by atoms with van der Waals surface area (Å²) in [6.45, 7) is 1.36. The largest absolute Gasteiger partial charge is 0.673 e. The maximum atomic E-state index is 10.4. The summed E-state index contributed by atoms with van der Waals surface area (Å²) in [5.74, 6) is -0.323. The van der Waals surface area contributed by atoms with Crippen LogP contribution in [-0.2, 0) is 11.8 Å². The number of hydrogen-bond donors (Lipinski definition) is 0. The molecule has 86 valence electrons. The minimum Gasteiger partial charge on any atom is -0.418 e. The monoisotopic (exact) mass is 228 g/mol. The molecule has 4 nitrogen and oxygen atoms in total. The van der Waals surface area contributed by atoms with Gasteiger partial charge in [-0.1, -0.05) is 0 Å². The molecule has 0 aliphatic carbocycles. The summed E-state index contributed by atoms with van der Waals surface area (Å²) in [6.07, 6.45) is 5.09.